The zero-order valence-corrected chi connectivity index (χ0v) is 11.5. The summed E-state index contributed by atoms with van der Waals surface area (Å²) in [6, 6.07) is 8.76. The summed E-state index contributed by atoms with van der Waals surface area (Å²) in [5.41, 5.74) is 6.84. The number of hydrogen-bond acceptors (Lipinski definition) is 2. The summed E-state index contributed by atoms with van der Waals surface area (Å²) >= 11 is 2.06. The highest BCUT2D eigenvalue weighted by Crippen LogP contribution is 2.37. The largest absolute Gasteiger partial charge is 0.326 e. The summed E-state index contributed by atoms with van der Waals surface area (Å²) < 4.78 is 0. The fourth-order valence-electron chi connectivity index (χ4n) is 2.62. The van der Waals surface area contributed by atoms with Crippen LogP contribution in [0.2, 0.25) is 0 Å². The molecule has 2 N–H and O–H groups in total. The molecule has 17 heavy (non-hydrogen) atoms. The van der Waals surface area contributed by atoms with Crippen LogP contribution >= 0.6 is 11.8 Å². The maximum absolute atomic E-state index is 5.61. The lowest BCUT2D eigenvalue weighted by atomic mass is 9.87. The van der Waals surface area contributed by atoms with Crippen molar-refractivity contribution in [2.75, 3.05) is 0 Å². The highest BCUT2D eigenvalue weighted by molar-refractivity contribution is 8.00. The summed E-state index contributed by atoms with van der Waals surface area (Å²) in [4.78, 5) is 1.41. The SMILES string of the molecule is CCC1CCCC(Sc2ccc(CN)cc2)C1. The summed E-state index contributed by atoms with van der Waals surface area (Å²) in [7, 11) is 0. The van der Waals surface area contributed by atoms with Gasteiger partial charge in [-0.25, -0.2) is 0 Å². The molecule has 0 amide bonds. The lowest BCUT2D eigenvalue weighted by molar-refractivity contribution is 0.357. The number of rotatable bonds is 4. The van der Waals surface area contributed by atoms with Gasteiger partial charge < -0.3 is 5.73 Å². The molecule has 0 saturated heterocycles. The van der Waals surface area contributed by atoms with Crippen LogP contribution in [0.25, 0.3) is 0 Å². The topological polar surface area (TPSA) is 26.0 Å². The van der Waals surface area contributed by atoms with Gasteiger partial charge in [-0.05, 0) is 36.5 Å². The number of thioether (sulfide) groups is 1. The molecule has 2 rings (SSSR count). The van der Waals surface area contributed by atoms with Crippen LogP contribution in [0.3, 0.4) is 0 Å². The second-order valence-corrected chi connectivity index (χ2v) is 6.40. The lowest BCUT2D eigenvalue weighted by Crippen LogP contribution is -2.16. The minimum Gasteiger partial charge on any atom is -0.326 e. The molecule has 1 nitrogen and oxygen atoms in total. The van der Waals surface area contributed by atoms with E-state index in [-0.39, 0.29) is 0 Å². The van der Waals surface area contributed by atoms with Gasteiger partial charge in [0.05, 0.1) is 0 Å². The second-order valence-electron chi connectivity index (χ2n) is 5.03. The fraction of sp³-hybridized carbons (Fsp3) is 0.600. The molecule has 1 aliphatic carbocycles. The first-order chi connectivity index (χ1) is 8.31. The van der Waals surface area contributed by atoms with Gasteiger partial charge in [-0.2, -0.15) is 0 Å². The maximum atomic E-state index is 5.61. The predicted octanol–water partition coefficient (Wildman–Crippen LogP) is 4.21. The van der Waals surface area contributed by atoms with E-state index in [1.54, 1.807) is 0 Å². The molecule has 2 unspecified atom stereocenters. The van der Waals surface area contributed by atoms with E-state index in [1.807, 2.05) is 0 Å². The molecule has 0 spiro atoms. The van der Waals surface area contributed by atoms with Gasteiger partial charge in [0.25, 0.3) is 0 Å². The van der Waals surface area contributed by atoms with Crippen LogP contribution in [0, 0.1) is 5.92 Å². The zero-order chi connectivity index (χ0) is 12.1. The molecule has 1 aliphatic rings. The first kappa shape index (κ1) is 13.0. The smallest absolute Gasteiger partial charge is 0.0178 e. The molecule has 0 heterocycles. The Hall–Kier alpha value is -0.470. The van der Waals surface area contributed by atoms with Crippen molar-refractivity contribution in [2.24, 2.45) is 11.7 Å². The van der Waals surface area contributed by atoms with Crippen LogP contribution in [0.4, 0.5) is 0 Å². The third-order valence-electron chi connectivity index (χ3n) is 3.77. The summed E-state index contributed by atoms with van der Waals surface area (Å²) in [5.74, 6) is 0.963. The first-order valence-electron chi connectivity index (χ1n) is 6.77. The van der Waals surface area contributed by atoms with Crippen LogP contribution in [0.1, 0.15) is 44.6 Å². The highest BCUT2D eigenvalue weighted by Gasteiger charge is 2.21. The van der Waals surface area contributed by atoms with Crippen molar-refractivity contribution in [3.8, 4) is 0 Å². The van der Waals surface area contributed by atoms with Gasteiger partial charge in [0.15, 0.2) is 0 Å². The van der Waals surface area contributed by atoms with Gasteiger partial charge in [0, 0.05) is 16.7 Å². The molecule has 2 heteroatoms. The van der Waals surface area contributed by atoms with Gasteiger partial charge in [0.1, 0.15) is 0 Å². The molecule has 0 radical (unpaired) electrons. The standard InChI is InChI=1S/C15H23NS/c1-2-12-4-3-5-15(10-12)17-14-8-6-13(11-16)7-9-14/h6-9,12,15H,2-5,10-11,16H2,1H3. The van der Waals surface area contributed by atoms with Gasteiger partial charge in [-0.1, -0.05) is 38.3 Å². The molecule has 1 aromatic carbocycles. The van der Waals surface area contributed by atoms with E-state index in [0.717, 1.165) is 11.2 Å². The molecule has 2 atom stereocenters. The van der Waals surface area contributed by atoms with E-state index < -0.39 is 0 Å². The molecule has 1 fully saturated rings. The van der Waals surface area contributed by atoms with Crippen LogP contribution in [0.5, 0.6) is 0 Å². The zero-order valence-electron chi connectivity index (χ0n) is 10.7. The third kappa shape index (κ3) is 3.75. The molecule has 0 aliphatic heterocycles. The minimum atomic E-state index is 0.645. The van der Waals surface area contributed by atoms with Crippen molar-refractivity contribution in [1.29, 1.82) is 0 Å². The molecule has 0 aromatic heterocycles. The van der Waals surface area contributed by atoms with Crippen molar-refractivity contribution in [2.45, 2.75) is 55.7 Å². The molecule has 94 valence electrons. The van der Waals surface area contributed by atoms with Crippen molar-refractivity contribution in [1.82, 2.24) is 0 Å². The van der Waals surface area contributed by atoms with Gasteiger partial charge in [-0.3, -0.25) is 0 Å². The van der Waals surface area contributed by atoms with E-state index in [1.165, 1.54) is 42.6 Å². The van der Waals surface area contributed by atoms with Gasteiger partial charge in [-0.15, -0.1) is 11.8 Å². The van der Waals surface area contributed by atoms with Gasteiger partial charge in [0.2, 0.25) is 0 Å². The Labute approximate surface area is 109 Å². The number of benzene rings is 1. The highest BCUT2D eigenvalue weighted by atomic mass is 32.2. The Balaban J connectivity index is 1.90. The van der Waals surface area contributed by atoms with E-state index in [4.69, 9.17) is 5.73 Å². The minimum absolute atomic E-state index is 0.645. The Kier molecular flexibility index (Phi) is 4.93. The predicted molar refractivity (Wildman–Crippen MR) is 76.2 cm³/mol. The Bertz CT molecular complexity index is 333. The molecule has 1 saturated carbocycles. The number of nitrogens with two attached hydrogens (primary N) is 1. The summed E-state index contributed by atoms with van der Waals surface area (Å²) in [6.07, 6.45) is 7.00. The average molecular weight is 249 g/mol. The van der Waals surface area contributed by atoms with Crippen LogP contribution in [-0.4, -0.2) is 5.25 Å². The van der Waals surface area contributed by atoms with Crippen LogP contribution in [0.15, 0.2) is 29.2 Å². The van der Waals surface area contributed by atoms with E-state index in [2.05, 4.69) is 43.0 Å². The first-order valence-corrected chi connectivity index (χ1v) is 7.65. The summed E-state index contributed by atoms with van der Waals surface area (Å²) in [6.45, 7) is 2.97. The van der Waals surface area contributed by atoms with E-state index in [9.17, 15) is 0 Å². The average Bonchev–Trinajstić information content (AvgIpc) is 2.40. The molecular formula is C15H23NS. The van der Waals surface area contributed by atoms with Crippen molar-refractivity contribution >= 4 is 11.8 Å². The van der Waals surface area contributed by atoms with Crippen molar-refractivity contribution in [3.05, 3.63) is 29.8 Å². The Morgan fingerprint density at radius 1 is 1.24 bits per heavy atom. The Morgan fingerprint density at radius 2 is 2.00 bits per heavy atom. The maximum Gasteiger partial charge on any atom is 0.0178 e. The van der Waals surface area contributed by atoms with Crippen LogP contribution in [-0.2, 0) is 6.54 Å². The van der Waals surface area contributed by atoms with E-state index >= 15 is 0 Å². The third-order valence-corrected chi connectivity index (χ3v) is 5.08. The monoisotopic (exact) mass is 249 g/mol. The molecular weight excluding hydrogens is 226 g/mol. The fourth-order valence-corrected chi connectivity index (χ4v) is 3.95. The van der Waals surface area contributed by atoms with Crippen LogP contribution < -0.4 is 5.73 Å². The molecule has 1 aromatic rings. The number of hydrogen-bond donors (Lipinski definition) is 1. The van der Waals surface area contributed by atoms with Crippen molar-refractivity contribution < 1.29 is 0 Å². The quantitative estimate of drug-likeness (QED) is 0.865. The summed E-state index contributed by atoms with van der Waals surface area (Å²) in [5, 5.41) is 0.831. The van der Waals surface area contributed by atoms with Crippen molar-refractivity contribution in [3.63, 3.8) is 0 Å². The second kappa shape index (κ2) is 6.46. The normalized spacial score (nSPS) is 24.8. The Morgan fingerprint density at radius 3 is 2.65 bits per heavy atom. The van der Waals surface area contributed by atoms with E-state index in [0.29, 0.717) is 6.54 Å². The lowest BCUT2D eigenvalue weighted by Gasteiger charge is -2.28. The molecule has 0 bridgehead atoms. The van der Waals surface area contributed by atoms with Gasteiger partial charge >= 0.3 is 0 Å².